The molecule has 3 atom stereocenters. The minimum Gasteiger partial charge on any atom is -0.462 e. The molecule has 0 aliphatic heterocycles. The van der Waals surface area contributed by atoms with E-state index in [-0.39, 0.29) is 24.1 Å². The summed E-state index contributed by atoms with van der Waals surface area (Å²) in [5, 5.41) is 0. The molecule has 5 nitrogen and oxygen atoms in total. The van der Waals surface area contributed by atoms with E-state index in [2.05, 4.69) is 107 Å². The highest BCUT2D eigenvalue weighted by Gasteiger charge is 2.33. The summed E-state index contributed by atoms with van der Waals surface area (Å²) in [5.74, 6) is -1.58. The van der Waals surface area contributed by atoms with Gasteiger partial charge < -0.3 is 14.4 Å². The first-order valence-electron chi connectivity index (χ1n) is 37.3. The van der Waals surface area contributed by atoms with E-state index in [1.165, 1.54) is 250 Å². The average Bonchev–Trinajstić information content (AvgIpc) is 3.62. The van der Waals surface area contributed by atoms with Gasteiger partial charge in [-0.05, 0) is 194 Å². The largest absolute Gasteiger partial charge is 0.462 e. The number of esters is 2. The third-order valence-electron chi connectivity index (χ3n) is 17.4. The van der Waals surface area contributed by atoms with Gasteiger partial charge in [-0.15, -0.1) is 0 Å². The lowest BCUT2D eigenvalue weighted by Gasteiger charge is -2.25. The molecule has 5 heteroatoms. The molecule has 0 bridgehead atoms. The molecule has 0 aliphatic rings. The lowest BCUT2D eigenvalue weighted by atomic mass is 9.93. The molecule has 0 amide bonds. The van der Waals surface area contributed by atoms with Crippen molar-refractivity contribution in [3.05, 3.63) is 71.9 Å². The van der Waals surface area contributed by atoms with Gasteiger partial charge in [-0.3, -0.25) is 9.59 Å². The zero-order valence-electron chi connectivity index (χ0n) is 57.8. The normalized spacial score (nSPS) is 13.2. The van der Waals surface area contributed by atoms with Gasteiger partial charge in [0.15, 0.2) is 5.92 Å². The molecule has 0 aliphatic carbocycles. The minimum absolute atomic E-state index is 0.136. The second-order valence-electron chi connectivity index (χ2n) is 25.8. The smallest absolute Gasteiger partial charge is 0.320 e. The molecule has 0 aromatic heterocycles. The molecule has 0 aromatic rings. The quantitative estimate of drug-likeness (QED) is 0.0263. The van der Waals surface area contributed by atoms with Crippen LogP contribution in [0.4, 0.5) is 0 Å². The Morgan fingerprint density at radius 2 is 0.607 bits per heavy atom. The van der Waals surface area contributed by atoms with Crippen molar-refractivity contribution >= 4 is 11.9 Å². The maximum absolute atomic E-state index is 14.4. The maximum Gasteiger partial charge on any atom is 0.320 e. The first kappa shape index (κ1) is 81.3. The van der Waals surface area contributed by atoms with E-state index in [0.717, 1.165) is 83.5 Å². The second-order valence-corrected chi connectivity index (χ2v) is 25.8. The molecular weight excluding hydrogens is 1030 g/mol. The summed E-state index contributed by atoms with van der Waals surface area (Å²) in [4.78, 5) is 30.8. The molecule has 0 aromatic carbocycles. The molecule has 0 rings (SSSR count). The Morgan fingerprint density at radius 3 is 0.940 bits per heavy atom. The predicted octanol–water partition coefficient (Wildman–Crippen LogP) is 25.9. The van der Waals surface area contributed by atoms with Crippen molar-refractivity contribution in [2.75, 3.05) is 20.6 Å². The number of unbranched alkanes of at least 4 members (excludes halogenated alkanes) is 34. The fourth-order valence-electron chi connectivity index (χ4n) is 11.7. The second kappa shape index (κ2) is 66.3. The number of rotatable bonds is 65. The van der Waals surface area contributed by atoms with Crippen LogP contribution in [0.5, 0.6) is 0 Å². The molecule has 0 saturated carbocycles. The summed E-state index contributed by atoms with van der Waals surface area (Å²) in [7, 11) is 4.05. The van der Waals surface area contributed by atoms with Gasteiger partial charge in [0.05, 0.1) is 0 Å². The Bertz CT molecular complexity index is 1570. The number of hydrogen-bond acceptors (Lipinski definition) is 5. The van der Waals surface area contributed by atoms with E-state index in [1.807, 2.05) is 14.1 Å². The monoisotopic (exact) mass is 1170 g/mol. The van der Waals surface area contributed by atoms with Gasteiger partial charge in [0.2, 0.25) is 0 Å². The lowest BCUT2D eigenvalue weighted by Crippen LogP contribution is -2.35. The minimum atomic E-state index is -0.879. The first-order chi connectivity index (χ1) is 41.3. The van der Waals surface area contributed by atoms with Crippen LogP contribution < -0.4 is 0 Å². The van der Waals surface area contributed by atoms with Gasteiger partial charge in [0.25, 0.3) is 0 Å². The lowest BCUT2D eigenvalue weighted by molar-refractivity contribution is -0.169. The van der Waals surface area contributed by atoms with Crippen LogP contribution in [-0.2, 0) is 19.1 Å². The van der Waals surface area contributed by atoms with Crippen molar-refractivity contribution in [2.45, 2.75) is 394 Å². The van der Waals surface area contributed by atoms with Gasteiger partial charge >= 0.3 is 11.9 Å². The molecule has 0 heterocycles. The number of carbonyl (C=O) groups is 2. The van der Waals surface area contributed by atoms with Crippen LogP contribution in [0, 0.1) is 5.92 Å². The highest BCUT2D eigenvalue weighted by molar-refractivity contribution is 5.95. The molecule has 0 N–H and O–H groups in total. The summed E-state index contributed by atoms with van der Waals surface area (Å²) in [6.45, 7) is 14.4. The third-order valence-corrected chi connectivity index (χ3v) is 17.4. The van der Waals surface area contributed by atoms with E-state index >= 15 is 0 Å². The number of carbonyl (C=O) groups excluding carboxylic acids is 2. The van der Waals surface area contributed by atoms with E-state index in [0.29, 0.717) is 13.0 Å². The van der Waals surface area contributed by atoms with Crippen LogP contribution in [0.1, 0.15) is 382 Å². The van der Waals surface area contributed by atoms with Gasteiger partial charge in [-0.25, -0.2) is 0 Å². The van der Waals surface area contributed by atoms with Gasteiger partial charge in [-0.1, -0.05) is 280 Å². The Hall–Kier alpha value is -2.66. The van der Waals surface area contributed by atoms with Gasteiger partial charge in [-0.2, -0.15) is 0 Å². The van der Waals surface area contributed by atoms with Crippen molar-refractivity contribution in [1.29, 1.82) is 0 Å². The van der Waals surface area contributed by atoms with E-state index < -0.39 is 5.92 Å². The molecule has 84 heavy (non-hydrogen) atoms. The van der Waals surface area contributed by atoms with E-state index in [4.69, 9.17) is 9.47 Å². The molecule has 0 spiro atoms. The summed E-state index contributed by atoms with van der Waals surface area (Å²) in [5.41, 5.74) is 3.47. The molecule has 3 unspecified atom stereocenters. The fourth-order valence-corrected chi connectivity index (χ4v) is 11.7. The van der Waals surface area contributed by atoms with Crippen molar-refractivity contribution < 1.29 is 19.1 Å². The average molecular weight is 1170 g/mol. The zero-order valence-corrected chi connectivity index (χ0v) is 57.8. The number of allylic oxidation sites excluding steroid dienone is 12. The Balaban J connectivity index is 5.61. The molecule has 0 saturated heterocycles. The summed E-state index contributed by atoms with van der Waals surface area (Å²) in [6, 6.07) is 0. The SMILES string of the molecule is CCCCC/C=C\C/C=C\CCCCCCCCC(CCCCCCCCC)OC(=O)C(CCN(C)C)C(=O)OC(CCCCCCCC/C=C\C/C=C\CCCCC)CCCCCCCC/C=C\CC(CC)=C(CCCCC)CCCCC. The molecule has 0 radical (unpaired) electrons. The van der Waals surface area contributed by atoms with Crippen LogP contribution in [0.2, 0.25) is 0 Å². The van der Waals surface area contributed by atoms with Crippen molar-refractivity contribution in [3.63, 3.8) is 0 Å². The molecular formula is C79H145NO4. The summed E-state index contributed by atoms with van der Waals surface area (Å²) in [6.07, 6.45) is 86.6. The maximum atomic E-state index is 14.4. The highest BCUT2D eigenvalue weighted by Crippen LogP contribution is 2.27. The summed E-state index contributed by atoms with van der Waals surface area (Å²) < 4.78 is 12.9. The number of nitrogens with zero attached hydrogens (tertiary/aromatic N) is 1. The van der Waals surface area contributed by atoms with Crippen LogP contribution in [-0.4, -0.2) is 49.7 Å². The van der Waals surface area contributed by atoms with Crippen molar-refractivity contribution in [1.82, 2.24) is 4.90 Å². The zero-order chi connectivity index (χ0) is 61.3. The van der Waals surface area contributed by atoms with E-state index in [9.17, 15) is 9.59 Å². The highest BCUT2D eigenvalue weighted by atomic mass is 16.6. The van der Waals surface area contributed by atoms with Crippen LogP contribution in [0.25, 0.3) is 0 Å². The Morgan fingerprint density at radius 1 is 0.321 bits per heavy atom. The first-order valence-corrected chi connectivity index (χ1v) is 37.3. The standard InChI is InChI=1S/C79H145NO4/c1-9-15-20-23-26-28-30-32-34-36-38-40-44-49-54-61-68-75(67-60-53-47-25-22-17-11-3)83-78(81)77(71-72-80(7)8)79(82)84-76(69-62-55-50-45-41-39-37-35-33-31-29-27-24-21-16-10-2)70-63-56-51-46-42-43-48-52-59-64-73(14-6)74(65-57-18-12-4)66-58-19-13-5/h26-29,32-35,52,59,75-77H,9-25,30-31,36-51,53-58,60-72H2,1-8H3/b28-26-,29-27-,34-32-,35-33-,59-52-. The number of ether oxygens (including phenoxy) is 2. The van der Waals surface area contributed by atoms with Gasteiger partial charge in [0, 0.05) is 0 Å². The van der Waals surface area contributed by atoms with Crippen LogP contribution >= 0.6 is 0 Å². The third kappa shape index (κ3) is 55.9. The predicted molar refractivity (Wildman–Crippen MR) is 373 cm³/mol. The van der Waals surface area contributed by atoms with Gasteiger partial charge in [0.1, 0.15) is 12.2 Å². The van der Waals surface area contributed by atoms with Crippen LogP contribution in [0.15, 0.2) is 71.9 Å². The van der Waals surface area contributed by atoms with Crippen LogP contribution in [0.3, 0.4) is 0 Å². The molecule has 0 fully saturated rings. The molecule has 490 valence electrons. The number of hydrogen-bond donors (Lipinski definition) is 0. The van der Waals surface area contributed by atoms with Crippen molar-refractivity contribution in [3.8, 4) is 0 Å². The topological polar surface area (TPSA) is 55.8 Å². The Labute approximate surface area is 525 Å². The van der Waals surface area contributed by atoms with E-state index in [1.54, 1.807) is 11.1 Å². The van der Waals surface area contributed by atoms with Crippen molar-refractivity contribution in [2.24, 2.45) is 5.92 Å². The Kier molecular flexibility index (Phi) is 64.2. The fraction of sp³-hybridized carbons (Fsp3) is 0.823. The summed E-state index contributed by atoms with van der Waals surface area (Å²) >= 11 is 0.